The van der Waals surface area contributed by atoms with Crippen molar-refractivity contribution >= 4 is 11.8 Å². The van der Waals surface area contributed by atoms with Gasteiger partial charge in [0.05, 0.1) is 11.1 Å². The topological polar surface area (TPSA) is 33.1 Å². The highest BCUT2D eigenvalue weighted by Gasteiger charge is 2.03. The summed E-state index contributed by atoms with van der Waals surface area (Å²) in [4.78, 5) is 4.31. The van der Waals surface area contributed by atoms with Crippen LogP contribution in [0.15, 0.2) is 47.6 Å². The molecule has 0 aliphatic rings. The van der Waals surface area contributed by atoms with Crippen molar-refractivity contribution in [2.24, 2.45) is 0 Å². The smallest absolute Gasteiger partial charge is 0.0966 e. The van der Waals surface area contributed by atoms with E-state index in [-0.39, 0.29) is 0 Å². The molecule has 2 rings (SSSR count). The molecule has 0 unspecified atom stereocenters. The van der Waals surface area contributed by atoms with Crippen molar-refractivity contribution < 1.29 is 5.11 Å². The predicted molar refractivity (Wildman–Crippen MR) is 75.6 cm³/mol. The Labute approximate surface area is 112 Å². The second-order valence-corrected chi connectivity index (χ2v) is 5.38. The van der Waals surface area contributed by atoms with E-state index >= 15 is 0 Å². The highest BCUT2D eigenvalue weighted by atomic mass is 32.2. The average molecular weight is 259 g/mol. The largest absolute Gasteiger partial charge is 0.389 e. The molecule has 1 aromatic heterocycles. The fourth-order valence-corrected chi connectivity index (χ4v) is 2.57. The zero-order chi connectivity index (χ0) is 13.0. The van der Waals surface area contributed by atoms with Gasteiger partial charge in [0.25, 0.3) is 0 Å². The molecular formula is C15H17NOS. The van der Waals surface area contributed by atoms with Gasteiger partial charge in [-0.15, -0.1) is 11.8 Å². The third-order valence-corrected chi connectivity index (χ3v) is 3.71. The lowest BCUT2D eigenvalue weighted by atomic mass is 10.2. The van der Waals surface area contributed by atoms with Crippen LogP contribution in [0.5, 0.6) is 0 Å². The van der Waals surface area contributed by atoms with Gasteiger partial charge in [0.2, 0.25) is 0 Å². The Bertz CT molecular complexity index is 525. The van der Waals surface area contributed by atoms with Crippen LogP contribution in [-0.2, 0) is 5.75 Å². The molecule has 0 bridgehead atoms. The summed E-state index contributed by atoms with van der Waals surface area (Å²) in [7, 11) is 0. The molecule has 3 heteroatoms. The Balaban J connectivity index is 2.04. The number of hydrogen-bond donors (Lipinski definition) is 1. The molecule has 94 valence electrons. The molecule has 18 heavy (non-hydrogen) atoms. The molecule has 1 aromatic carbocycles. The van der Waals surface area contributed by atoms with Gasteiger partial charge in [-0.05, 0) is 37.1 Å². The molecule has 2 nitrogen and oxygen atoms in total. The summed E-state index contributed by atoms with van der Waals surface area (Å²) in [6.45, 7) is 3.87. The molecule has 0 saturated carbocycles. The molecule has 2 aromatic rings. The van der Waals surface area contributed by atoms with Gasteiger partial charge in [0, 0.05) is 11.9 Å². The van der Waals surface area contributed by atoms with E-state index in [2.05, 4.69) is 36.2 Å². The van der Waals surface area contributed by atoms with Crippen molar-refractivity contribution in [2.75, 3.05) is 0 Å². The molecule has 0 amide bonds. The average Bonchev–Trinajstić information content (AvgIpc) is 2.37. The maximum absolute atomic E-state index is 9.53. The van der Waals surface area contributed by atoms with E-state index in [0.29, 0.717) is 0 Å². The normalized spacial score (nSPS) is 12.4. The minimum absolute atomic E-state index is 0.439. The van der Waals surface area contributed by atoms with Crippen LogP contribution in [0.3, 0.4) is 0 Å². The standard InChI is InChI=1S/C15H17NOS/c1-11-4-3-5-13(8-11)10-18-15-9-14(12(2)17)6-7-16-15/h3-9,12,17H,10H2,1-2H3/t12-/m1/s1. The number of thioether (sulfide) groups is 1. The number of benzene rings is 1. The van der Waals surface area contributed by atoms with Gasteiger partial charge in [-0.2, -0.15) is 0 Å². The van der Waals surface area contributed by atoms with Crippen LogP contribution in [0.4, 0.5) is 0 Å². The Morgan fingerprint density at radius 2 is 2.11 bits per heavy atom. The third-order valence-electron chi connectivity index (χ3n) is 2.71. The van der Waals surface area contributed by atoms with Crippen LogP contribution < -0.4 is 0 Å². The van der Waals surface area contributed by atoms with E-state index in [1.54, 1.807) is 24.9 Å². The molecule has 0 aliphatic carbocycles. The lowest BCUT2D eigenvalue weighted by Crippen LogP contribution is -1.92. The van der Waals surface area contributed by atoms with Gasteiger partial charge in [-0.3, -0.25) is 0 Å². The lowest BCUT2D eigenvalue weighted by Gasteiger charge is -2.07. The highest BCUT2D eigenvalue weighted by Crippen LogP contribution is 2.23. The van der Waals surface area contributed by atoms with Crippen molar-refractivity contribution in [2.45, 2.75) is 30.7 Å². The van der Waals surface area contributed by atoms with Crippen molar-refractivity contribution in [1.82, 2.24) is 4.98 Å². The summed E-state index contributed by atoms with van der Waals surface area (Å²) in [5.41, 5.74) is 3.49. The van der Waals surface area contributed by atoms with Gasteiger partial charge in [-0.1, -0.05) is 29.8 Å². The van der Waals surface area contributed by atoms with Crippen molar-refractivity contribution in [1.29, 1.82) is 0 Å². The monoisotopic (exact) mass is 259 g/mol. The van der Waals surface area contributed by atoms with E-state index in [4.69, 9.17) is 0 Å². The van der Waals surface area contributed by atoms with Gasteiger partial charge < -0.3 is 5.11 Å². The minimum Gasteiger partial charge on any atom is -0.389 e. The Morgan fingerprint density at radius 3 is 2.83 bits per heavy atom. The predicted octanol–water partition coefficient (Wildman–Crippen LogP) is 3.74. The minimum atomic E-state index is -0.439. The van der Waals surface area contributed by atoms with Crippen LogP contribution >= 0.6 is 11.8 Å². The van der Waals surface area contributed by atoms with Crippen LogP contribution in [-0.4, -0.2) is 10.1 Å². The highest BCUT2D eigenvalue weighted by molar-refractivity contribution is 7.98. The number of aliphatic hydroxyl groups is 1. The molecule has 1 heterocycles. The first kappa shape index (κ1) is 13.1. The maximum Gasteiger partial charge on any atom is 0.0966 e. The fraction of sp³-hybridized carbons (Fsp3) is 0.267. The van der Waals surface area contributed by atoms with Crippen molar-refractivity contribution in [3.63, 3.8) is 0 Å². The number of aromatic nitrogens is 1. The van der Waals surface area contributed by atoms with Crippen LogP contribution in [0.25, 0.3) is 0 Å². The first-order valence-corrected chi connectivity index (χ1v) is 6.96. The number of hydrogen-bond acceptors (Lipinski definition) is 3. The first-order chi connectivity index (χ1) is 8.65. The molecule has 0 radical (unpaired) electrons. The van der Waals surface area contributed by atoms with Crippen molar-refractivity contribution in [3.05, 3.63) is 59.3 Å². The van der Waals surface area contributed by atoms with Gasteiger partial charge in [0.1, 0.15) is 0 Å². The second kappa shape index (κ2) is 6.03. The summed E-state index contributed by atoms with van der Waals surface area (Å²) in [5, 5.41) is 10.5. The molecular weight excluding hydrogens is 242 g/mol. The molecule has 0 fully saturated rings. The van der Waals surface area contributed by atoms with E-state index in [9.17, 15) is 5.11 Å². The van der Waals surface area contributed by atoms with E-state index in [1.807, 2.05) is 12.1 Å². The second-order valence-electron chi connectivity index (χ2n) is 4.38. The van der Waals surface area contributed by atoms with Crippen LogP contribution in [0, 0.1) is 6.92 Å². The summed E-state index contributed by atoms with van der Waals surface area (Å²) >= 11 is 1.69. The maximum atomic E-state index is 9.53. The Hall–Kier alpha value is -1.32. The van der Waals surface area contributed by atoms with Gasteiger partial charge in [0.15, 0.2) is 0 Å². The summed E-state index contributed by atoms with van der Waals surface area (Å²) in [6, 6.07) is 12.3. The number of pyridine rings is 1. The van der Waals surface area contributed by atoms with E-state index in [0.717, 1.165) is 16.3 Å². The Kier molecular flexibility index (Phi) is 4.39. The SMILES string of the molecule is Cc1cccc(CSc2cc([C@@H](C)O)ccn2)c1. The Morgan fingerprint density at radius 1 is 1.28 bits per heavy atom. The quantitative estimate of drug-likeness (QED) is 0.849. The van der Waals surface area contributed by atoms with Crippen LogP contribution in [0.2, 0.25) is 0 Å². The summed E-state index contributed by atoms with van der Waals surface area (Å²) in [5.74, 6) is 0.901. The van der Waals surface area contributed by atoms with Crippen LogP contribution in [0.1, 0.15) is 29.7 Å². The number of nitrogens with zero attached hydrogens (tertiary/aromatic N) is 1. The zero-order valence-electron chi connectivity index (χ0n) is 10.6. The molecule has 0 aliphatic heterocycles. The molecule has 1 atom stereocenters. The van der Waals surface area contributed by atoms with Crippen molar-refractivity contribution in [3.8, 4) is 0 Å². The molecule has 0 spiro atoms. The summed E-state index contributed by atoms with van der Waals surface area (Å²) < 4.78 is 0. The lowest BCUT2D eigenvalue weighted by molar-refractivity contribution is 0.199. The third kappa shape index (κ3) is 3.59. The molecule has 1 N–H and O–H groups in total. The fourth-order valence-electron chi connectivity index (χ4n) is 1.72. The van der Waals surface area contributed by atoms with E-state index < -0.39 is 6.10 Å². The van der Waals surface area contributed by atoms with Gasteiger partial charge in [-0.25, -0.2) is 4.98 Å². The molecule has 0 saturated heterocycles. The van der Waals surface area contributed by atoms with E-state index in [1.165, 1.54) is 11.1 Å². The number of rotatable bonds is 4. The number of aliphatic hydroxyl groups excluding tert-OH is 1. The number of aryl methyl sites for hydroxylation is 1. The zero-order valence-corrected chi connectivity index (χ0v) is 11.4. The summed E-state index contributed by atoms with van der Waals surface area (Å²) in [6.07, 6.45) is 1.31. The first-order valence-electron chi connectivity index (χ1n) is 5.97. The van der Waals surface area contributed by atoms with Gasteiger partial charge >= 0.3 is 0 Å².